The van der Waals surface area contributed by atoms with Gasteiger partial charge < -0.3 is 19.2 Å². The monoisotopic (exact) mass is 325 g/mol. The number of nitrogens with one attached hydrogen (secondary N) is 1. The van der Waals surface area contributed by atoms with Crippen molar-refractivity contribution in [2.75, 3.05) is 19.0 Å². The number of methoxy groups -OCH3 is 1. The molecular formula is C18H19N3O3. The van der Waals surface area contributed by atoms with Crippen molar-refractivity contribution in [1.82, 2.24) is 10.2 Å². The quantitative estimate of drug-likeness (QED) is 0.713. The zero-order valence-corrected chi connectivity index (χ0v) is 13.7. The Hall–Kier alpha value is -3.02. The summed E-state index contributed by atoms with van der Waals surface area (Å²) in [6.45, 7) is 2.98. The molecule has 0 spiro atoms. The Bertz CT molecular complexity index is 801. The van der Waals surface area contributed by atoms with Gasteiger partial charge in [0.1, 0.15) is 11.5 Å². The van der Waals surface area contributed by atoms with Crippen LogP contribution in [0.1, 0.15) is 12.8 Å². The lowest BCUT2D eigenvalue weighted by Gasteiger charge is -2.10. The van der Waals surface area contributed by atoms with Gasteiger partial charge in [0.15, 0.2) is 0 Å². The Labute approximate surface area is 140 Å². The maximum absolute atomic E-state index is 5.71. The molecule has 3 rings (SSSR count). The second-order valence-corrected chi connectivity index (χ2v) is 5.02. The summed E-state index contributed by atoms with van der Waals surface area (Å²) in [7, 11) is 1.62. The Morgan fingerprint density at radius 3 is 2.79 bits per heavy atom. The Kier molecular flexibility index (Phi) is 4.96. The van der Waals surface area contributed by atoms with Crippen LogP contribution in [0.4, 0.5) is 5.69 Å². The molecule has 1 heterocycles. The van der Waals surface area contributed by atoms with E-state index < -0.39 is 0 Å². The molecule has 1 N–H and O–H groups in total. The van der Waals surface area contributed by atoms with Crippen molar-refractivity contribution >= 4 is 5.69 Å². The average molecular weight is 325 g/mol. The van der Waals surface area contributed by atoms with E-state index in [0.717, 1.165) is 22.7 Å². The minimum absolute atomic E-state index is 0.418. The van der Waals surface area contributed by atoms with E-state index in [1.165, 1.54) is 0 Å². The molecule has 0 amide bonds. The Balaban J connectivity index is 1.70. The van der Waals surface area contributed by atoms with Crippen molar-refractivity contribution in [3.05, 3.63) is 54.4 Å². The molecule has 0 atom stereocenters. The molecule has 1 aromatic heterocycles. The Morgan fingerprint density at radius 1 is 1.08 bits per heavy atom. The second kappa shape index (κ2) is 7.50. The normalized spacial score (nSPS) is 10.4. The van der Waals surface area contributed by atoms with Gasteiger partial charge in [-0.3, -0.25) is 0 Å². The van der Waals surface area contributed by atoms with Crippen LogP contribution in [0.3, 0.4) is 0 Å². The summed E-state index contributed by atoms with van der Waals surface area (Å²) in [6.07, 6.45) is 0. The summed E-state index contributed by atoms with van der Waals surface area (Å²) in [4.78, 5) is 0. The fourth-order valence-corrected chi connectivity index (χ4v) is 2.26. The van der Waals surface area contributed by atoms with Gasteiger partial charge in [0.05, 0.1) is 25.9 Å². The van der Waals surface area contributed by atoms with Crippen LogP contribution < -0.4 is 14.8 Å². The number of benzene rings is 2. The fourth-order valence-electron chi connectivity index (χ4n) is 2.26. The standard InChI is InChI=1S/C18H19N3O3/c1-3-23-16-10-5-4-9-15(16)19-12-17-20-21-18(24-17)13-7-6-8-14(11-13)22-2/h4-11,19H,3,12H2,1-2H3. The van der Waals surface area contributed by atoms with Gasteiger partial charge in [-0.2, -0.15) is 0 Å². The lowest BCUT2D eigenvalue weighted by Crippen LogP contribution is -2.02. The SMILES string of the molecule is CCOc1ccccc1NCc1nnc(-c2cccc(OC)c2)o1. The van der Waals surface area contributed by atoms with Gasteiger partial charge in [-0.1, -0.05) is 18.2 Å². The molecule has 0 fully saturated rings. The van der Waals surface area contributed by atoms with Crippen molar-refractivity contribution in [2.45, 2.75) is 13.5 Å². The van der Waals surface area contributed by atoms with E-state index in [0.29, 0.717) is 24.9 Å². The van der Waals surface area contributed by atoms with E-state index in [4.69, 9.17) is 13.9 Å². The van der Waals surface area contributed by atoms with Gasteiger partial charge >= 0.3 is 0 Å². The molecule has 0 unspecified atom stereocenters. The molecule has 0 bridgehead atoms. The van der Waals surface area contributed by atoms with Crippen LogP contribution in [-0.2, 0) is 6.54 Å². The van der Waals surface area contributed by atoms with Crippen LogP contribution in [0.2, 0.25) is 0 Å². The second-order valence-electron chi connectivity index (χ2n) is 5.02. The van der Waals surface area contributed by atoms with Gasteiger partial charge in [0, 0.05) is 5.56 Å². The van der Waals surface area contributed by atoms with Crippen LogP contribution in [0.15, 0.2) is 52.9 Å². The molecular weight excluding hydrogens is 306 g/mol. The van der Waals surface area contributed by atoms with E-state index in [9.17, 15) is 0 Å². The van der Waals surface area contributed by atoms with E-state index in [-0.39, 0.29) is 0 Å². The minimum atomic E-state index is 0.418. The van der Waals surface area contributed by atoms with Crippen LogP contribution in [0.5, 0.6) is 11.5 Å². The first-order chi connectivity index (χ1) is 11.8. The van der Waals surface area contributed by atoms with Crippen LogP contribution in [-0.4, -0.2) is 23.9 Å². The third-order valence-corrected chi connectivity index (χ3v) is 3.40. The molecule has 24 heavy (non-hydrogen) atoms. The number of hydrogen-bond acceptors (Lipinski definition) is 6. The number of aromatic nitrogens is 2. The van der Waals surface area contributed by atoms with E-state index in [1.807, 2.05) is 55.5 Å². The van der Waals surface area contributed by atoms with Crippen molar-refractivity contribution in [3.8, 4) is 23.0 Å². The maximum Gasteiger partial charge on any atom is 0.247 e. The number of anilines is 1. The van der Waals surface area contributed by atoms with E-state index in [2.05, 4.69) is 15.5 Å². The van der Waals surface area contributed by atoms with Crippen LogP contribution in [0.25, 0.3) is 11.5 Å². The van der Waals surface area contributed by atoms with E-state index in [1.54, 1.807) is 7.11 Å². The van der Waals surface area contributed by atoms with Crippen molar-refractivity contribution in [1.29, 1.82) is 0 Å². The maximum atomic E-state index is 5.71. The largest absolute Gasteiger partial charge is 0.497 e. The number of para-hydroxylation sites is 2. The number of nitrogens with zero attached hydrogens (tertiary/aromatic N) is 2. The fraction of sp³-hybridized carbons (Fsp3) is 0.222. The van der Waals surface area contributed by atoms with Crippen molar-refractivity contribution in [2.24, 2.45) is 0 Å². The molecule has 124 valence electrons. The zero-order chi connectivity index (χ0) is 16.8. The predicted octanol–water partition coefficient (Wildman–Crippen LogP) is 3.76. The van der Waals surface area contributed by atoms with Crippen LogP contribution >= 0.6 is 0 Å². The van der Waals surface area contributed by atoms with Gasteiger partial charge in [0.25, 0.3) is 0 Å². The average Bonchev–Trinajstić information content (AvgIpc) is 3.10. The first-order valence-corrected chi connectivity index (χ1v) is 7.72. The summed E-state index contributed by atoms with van der Waals surface area (Å²) in [5, 5.41) is 11.4. The Morgan fingerprint density at radius 2 is 1.96 bits per heavy atom. The smallest absolute Gasteiger partial charge is 0.247 e. The molecule has 0 saturated heterocycles. The molecule has 2 aromatic carbocycles. The highest BCUT2D eigenvalue weighted by Crippen LogP contribution is 2.25. The minimum Gasteiger partial charge on any atom is -0.497 e. The molecule has 6 nitrogen and oxygen atoms in total. The lowest BCUT2D eigenvalue weighted by molar-refractivity contribution is 0.341. The summed E-state index contributed by atoms with van der Waals surface area (Å²) in [5.41, 5.74) is 1.71. The number of hydrogen-bond donors (Lipinski definition) is 1. The molecule has 0 radical (unpaired) electrons. The van der Waals surface area contributed by atoms with E-state index >= 15 is 0 Å². The van der Waals surface area contributed by atoms with Gasteiger partial charge in [0.2, 0.25) is 11.8 Å². The zero-order valence-electron chi connectivity index (χ0n) is 13.7. The highest BCUT2D eigenvalue weighted by Gasteiger charge is 2.10. The summed E-state index contributed by atoms with van der Waals surface area (Å²) >= 11 is 0. The summed E-state index contributed by atoms with van der Waals surface area (Å²) < 4.78 is 16.5. The molecule has 0 aliphatic carbocycles. The van der Waals surface area contributed by atoms with Gasteiger partial charge in [-0.25, -0.2) is 0 Å². The third kappa shape index (κ3) is 3.65. The first kappa shape index (κ1) is 15.9. The van der Waals surface area contributed by atoms with Gasteiger partial charge in [-0.05, 0) is 37.3 Å². The highest BCUT2D eigenvalue weighted by atomic mass is 16.5. The van der Waals surface area contributed by atoms with Gasteiger partial charge in [-0.15, -0.1) is 10.2 Å². The third-order valence-electron chi connectivity index (χ3n) is 3.40. The van der Waals surface area contributed by atoms with Crippen LogP contribution in [0, 0.1) is 0 Å². The van der Waals surface area contributed by atoms with Crippen molar-refractivity contribution < 1.29 is 13.9 Å². The highest BCUT2D eigenvalue weighted by molar-refractivity contribution is 5.57. The topological polar surface area (TPSA) is 69.4 Å². The summed E-state index contributed by atoms with van der Waals surface area (Å²) in [6, 6.07) is 15.3. The number of ether oxygens (including phenoxy) is 2. The molecule has 0 aliphatic heterocycles. The van der Waals surface area contributed by atoms with Crippen molar-refractivity contribution in [3.63, 3.8) is 0 Å². The summed E-state index contributed by atoms with van der Waals surface area (Å²) in [5.74, 6) is 2.51. The number of rotatable bonds is 7. The molecule has 3 aromatic rings. The molecule has 6 heteroatoms. The molecule has 0 saturated carbocycles. The predicted molar refractivity (Wildman–Crippen MR) is 91.2 cm³/mol. The first-order valence-electron chi connectivity index (χ1n) is 7.72. The molecule has 0 aliphatic rings. The lowest BCUT2D eigenvalue weighted by atomic mass is 10.2.